The molecule has 0 aromatic carbocycles. The first-order valence-electron chi connectivity index (χ1n) is 5.40. The molecule has 2 heterocycles. The summed E-state index contributed by atoms with van der Waals surface area (Å²) in [4.78, 5) is 1.47. The smallest absolute Gasteiger partial charge is 0.0436 e. The molecule has 3 heteroatoms. The third-order valence-corrected chi connectivity index (χ3v) is 4.27. The van der Waals surface area contributed by atoms with Crippen LogP contribution in [0.15, 0.2) is 5.38 Å². The van der Waals surface area contributed by atoms with Gasteiger partial charge >= 0.3 is 0 Å². The molecule has 1 saturated carbocycles. The molecule has 14 heavy (non-hydrogen) atoms. The molecule has 1 unspecified atom stereocenters. The van der Waals surface area contributed by atoms with Crippen LogP contribution in [-0.4, -0.2) is 6.54 Å². The summed E-state index contributed by atoms with van der Waals surface area (Å²) in [5.74, 6) is 0.968. The van der Waals surface area contributed by atoms with E-state index < -0.39 is 0 Å². The predicted molar refractivity (Wildman–Crippen MR) is 59.4 cm³/mol. The van der Waals surface area contributed by atoms with Crippen LogP contribution in [-0.2, 0) is 13.0 Å². The number of nitrogens with two attached hydrogens (primary N) is 1. The Morgan fingerprint density at radius 3 is 3.14 bits per heavy atom. The van der Waals surface area contributed by atoms with Crippen LogP contribution in [0.4, 0.5) is 0 Å². The fourth-order valence-corrected chi connectivity index (χ4v) is 3.37. The fourth-order valence-electron chi connectivity index (χ4n) is 2.26. The van der Waals surface area contributed by atoms with Crippen molar-refractivity contribution < 1.29 is 0 Å². The molecule has 1 atom stereocenters. The molecule has 0 radical (unpaired) electrons. The lowest BCUT2D eigenvalue weighted by Gasteiger charge is -2.21. The molecule has 0 spiro atoms. The second-order valence-electron chi connectivity index (χ2n) is 4.48. The Kier molecular flexibility index (Phi) is 2.11. The van der Waals surface area contributed by atoms with Gasteiger partial charge in [0.15, 0.2) is 0 Å². The molecule has 1 aliphatic heterocycles. The third kappa shape index (κ3) is 1.49. The molecule has 1 aromatic rings. The lowest BCUT2D eigenvalue weighted by atomic mass is 9.97. The molecule has 3 N–H and O–H groups in total. The number of rotatable bonds is 2. The first kappa shape index (κ1) is 8.89. The maximum absolute atomic E-state index is 6.13. The number of nitrogens with one attached hydrogen (secondary N) is 1. The number of thiophene rings is 1. The van der Waals surface area contributed by atoms with Crippen molar-refractivity contribution in [3.63, 3.8) is 0 Å². The van der Waals surface area contributed by atoms with Crippen molar-refractivity contribution in [2.45, 2.75) is 31.8 Å². The van der Waals surface area contributed by atoms with E-state index in [1.54, 1.807) is 5.56 Å². The molecule has 76 valence electrons. The molecule has 0 saturated heterocycles. The summed E-state index contributed by atoms with van der Waals surface area (Å²) in [5.41, 5.74) is 9.15. The Morgan fingerprint density at radius 2 is 2.36 bits per heavy atom. The van der Waals surface area contributed by atoms with E-state index in [2.05, 4.69) is 10.7 Å². The third-order valence-electron chi connectivity index (χ3n) is 3.22. The highest BCUT2D eigenvalue weighted by Crippen LogP contribution is 2.37. The van der Waals surface area contributed by atoms with Crippen molar-refractivity contribution in [1.29, 1.82) is 0 Å². The molecule has 3 rings (SSSR count). The van der Waals surface area contributed by atoms with E-state index in [4.69, 9.17) is 5.73 Å². The average molecular weight is 208 g/mol. The van der Waals surface area contributed by atoms with Crippen molar-refractivity contribution >= 4 is 11.3 Å². The van der Waals surface area contributed by atoms with E-state index in [0.717, 1.165) is 19.0 Å². The summed E-state index contributed by atoms with van der Waals surface area (Å²) >= 11 is 1.88. The first-order chi connectivity index (χ1) is 6.84. The van der Waals surface area contributed by atoms with Gasteiger partial charge in [-0.3, -0.25) is 0 Å². The summed E-state index contributed by atoms with van der Waals surface area (Å²) in [7, 11) is 0. The van der Waals surface area contributed by atoms with Crippen LogP contribution in [0.5, 0.6) is 0 Å². The van der Waals surface area contributed by atoms with Gasteiger partial charge in [-0.25, -0.2) is 0 Å². The minimum atomic E-state index is 0.235. The normalized spacial score (nSPS) is 26.2. The number of hydrogen-bond acceptors (Lipinski definition) is 3. The van der Waals surface area contributed by atoms with Crippen molar-refractivity contribution in [2.75, 3.05) is 6.54 Å². The first-order valence-corrected chi connectivity index (χ1v) is 6.28. The highest BCUT2D eigenvalue weighted by Gasteiger charge is 2.27. The quantitative estimate of drug-likeness (QED) is 0.778. The Labute approximate surface area is 88.5 Å². The van der Waals surface area contributed by atoms with Crippen molar-refractivity contribution in [3.05, 3.63) is 21.4 Å². The molecule has 0 amide bonds. The van der Waals surface area contributed by atoms with Crippen LogP contribution < -0.4 is 11.1 Å². The minimum absolute atomic E-state index is 0.235. The molecular weight excluding hydrogens is 192 g/mol. The minimum Gasteiger partial charge on any atom is -0.323 e. The molecule has 2 nitrogen and oxygen atoms in total. The Hall–Kier alpha value is -0.380. The summed E-state index contributed by atoms with van der Waals surface area (Å²) in [6.45, 7) is 1.97. The summed E-state index contributed by atoms with van der Waals surface area (Å²) in [6.07, 6.45) is 4.13. The maximum atomic E-state index is 6.13. The lowest BCUT2D eigenvalue weighted by molar-refractivity contribution is 0.557. The molecular formula is C11H16N2S. The van der Waals surface area contributed by atoms with Crippen LogP contribution in [0, 0.1) is 5.92 Å². The van der Waals surface area contributed by atoms with Crippen LogP contribution in [0.2, 0.25) is 0 Å². The second-order valence-corrected chi connectivity index (χ2v) is 5.45. The maximum Gasteiger partial charge on any atom is 0.0436 e. The Bertz CT molecular complexity index is 341. The zero-order valence-electron chi connectivity index (χ0n) is 8.25. The molecule has 0 bridgehead atoms. The Balaban J connectivity index is 1.91. The van der Waals surface area contributed by atoms with Crippen LogP contribution in [0.25, 0.3) is 0 Å². The zero-order chi connectivity index (χ0) is 9.54. The standard InChI is InChI=1S/C11H16N2S/c12-9-4-13-5-10-11(9)8(6-14-10)3-7-1-2-7/h6-7,9,13H,1-5,12H2. The number of hydrogen-bond donors (Lipinski definition) is 2. The van der Waals surface area contributed by atoms with Gasteiger partial charge in [-0.2, -0.15) is 0 Å². The largest absolute Gasteiger partial charge is 0.323 e. The molecule has 1 aromatic heterocycles. The van der Waals surface area contributed by atoms with Crippen molar-refractivity contribution in [3.8, 4) is 0 Å². The lowest BCUT2D eigenvalue weighted by Crippen LogP contribution is -2.32. The van der Waals surface area contributed by atoms with Gasteiger partial charge in [0, 0.05) is 24.0 Å². The van der Waals surface area contributed by atoms with E-state index >= 15 is 0 Å². The number of fused-ring (bicyclic) bond motifs is 1. The van der Waals surface area contributed by atoms with Crippen molar-refractivity contribution in [2.24, 2.45) is 11.7 Å². The highest BCUT2D eigenvalue weighted by atomic mass is 32.1. The summed E-state index contributed by atoms with van der Waals surface area (Å²) in [5, 5.41) is 5.69. The van der Waals surface area contributed by atoms with Gasteiger partial charge in [-0.05, 0) is 41.7 Å². The monoisotopic (exact) mass is 208 g/mol. The van der Waals surface area contributed by atoms with Crippen molar-refractivity contribution in [1.82, 2.24) is 5.32 Å². The highest BCUT2D eigenvalue weighted by molar-refractivity contribution is 7.10. The van der Waals surface area contributed by atoms with E-state index in [1.165, 1.54) is 29.7 Å². The summed E-state index contributed by atoms with van der Waals surface area (Å²) in [6, 6.07) is 0.235. The van der Waals surface area contributed by atoms with E-state index in [0.29, 0.717) is 0 Å². The van der Waals surface area contributed by atoms with E-state index in [-0.39, 0.29) is 6.04 Å². The van der Waals surface area contributed by atoms with Gasteiger partial charge in [-0.1, -0.05) is 0 Å². The zero-order valence-corrected chi connectivity index (χ0v) is 9.07. The Morgan fingerprint density at radius 1 is 1.50 bits per heavy atom. The predicted octanol–water partition coefficient (Wildman–Crippen LogP) is 1.80. The van der Waals surface area contributed by atoms with Gasteiger partial charge < -0.3 is 11.1 Å². The average Bonchev–Trinajstić information content (AvgIpc) is 2.88. The molecule has 1 fully saturated rings. The van der Waals surface area contributed by atoms with Crippen LogP contribution >= 0.6 is 11.3 Å². The summed E-state index contributed by atoms with van der Waals surface area (Å²) < 4.78 is 0. The van der Waals surface area contributed by atoms with E-state index in [9.17, 15) is 0 Å². The topological polar surface area (TPSA) is 38.0 Å². The van der Waals surface area contributed by atoms with Gasteiger partial charge in [0.2, 0.25) is 0 Å². The van der Waals surface area contributed by atoms with Gasteiger partial charge in [0.1, 0.15) is 0 Å². The molecule has 1 aliphatic carbocycles. The second kappa shape index (κ2) is 3.33. The van der Waals surface area contributed by atoms with Gasteiger partial charge in [0.25, 0.3) is 0 Å². The van der Waals surface area contributed by atoms with Gasteiger partial charge in [0.05, 0.1) is 0 Å². The molecule has 2 aliphatic rings. The van der Waals surface area contributed by atoms with Crippen LogP contribution in [0.1, 0.15) is 34.9 Å². The fraction of sp³-hybridized carbons (Fsp3) is 0.636. The van der Waals surface area contributed by atoms with E-state index in [1.807, 2.05) is 11.3 Å². The van der Waals surface area contributed by atoms with Crippen LogP contribution in [0.3, 0.4) is 0 Å². The SMILES string of the molecule is NC1CNCc2scc(CC3CC3)c21. The van der Waals surface area contributed by atoms with Gasteiger partial charge in [-0.15, -0.1) is 11.3 Å².